The first-order valence-corrected chi connectivity index (χ1v) is 14.2. The van der Waals surface area contributed by atoms with E-state index in [2.05, 4.69) is 19.2 Å². The molecular weight excluding hydrogens is 491 g/mol. The maximum atomic E-state index is 13.1. The number of alkyl halides is 2. The molecular formula is C25H48Cl2N4O4. The van der Waals surface area contributed by atoms with Gasteiger partial charge in [-0.1, -0.05) is 59.8 Å². The van der Waals surface area contributed by atoms with E-state index in [9.17, 15) is 19.5 Å². The fourth-order valence-corrected chi connectivity index (χ4v) is 4.77. The van der Waals surface area contributed by atoms with E-state index in [0.717, 1.165) is 51.4 Å². The molecule has 0 aromatic carbocycles. The first-order valence-electron chi connectivity index (χ1n) is 13.2. The molecule has 3 amide bonds. The zero-order chi connectivity index (χ0) is 27.0. The summed E-state index contributed by atoms with van der Waals surface area (Å²) in [4.78, 5) is 39.3. The number of carbonyl (C=O) groups excluding carboxylic acids is 3. The van der Waals surface area contributed by atoms with Crippen LogP contribution in [0, 0.1) is 11.8 Å². The van der Waals surface area contributed by atoms with Crippen molar-refractivity contribution in [2.45, 2.75) is 116 Å². The van der Waals surface area contributed by atoms with Crippen LogP contribution in [0.5, 0.6) is 0 Å². The van der Waals surface area contributed by atoms with E-state index in [1.165, 1.54) is 0 Å². The van der Waals surface area contributed by atoms with Crippen LogP contribution in [0.4, 0.5) is 0 Å². The number of nitrogens with two attached hydrogens (primary N) is 2. The van der Waals surface area contributed by atoms with Crippen LogP contribution in [0.3, 0.4) is 0 Å². The van der Waals surface area contributed by atoms with E-state index in [1.807, 2.05) is 13.8 Å². The Hall–Kier alpha value is -1.09. The van der Waals surface area contributed by atoms with Gasteiger partial charge in [0.2, 0.25) is 17.7 Å². The number of aliphatic hydroxyl groups is 1. The monoisotopic (exact) mass is 538 g/mol. The van der Waals surface area contributed by atoms with E-state index < -0.39 is 30.1 Å². The highest BCUT2D eigenvalue weighted by molar-refractivity contribution is 6.40. The fourth-order valence-electron chi connectivity index (χ4n) is 4.77. The Morgan fingerprint density at radius 3 is 2.03 bits per heavy atom. The highest BCUT2D eigenvalue weighted by Crippen LogP contribution is 2.31. The average Bonchev–Trinajstić information content (AvgIpc) is 3.30. The smallest absolute Gasteiger partial charge is 0.248 e. The lowest BCUT2D eigenvalue weighted by Crippen LogP contribution is -2.57. The zero-order valence-corrected chi connectivity index (χ0v) is 23.5. The van der Waals surface area contributed by atoms with E-state index in [1.54, 1.807) is 4.90 Å². The molecule has 8 nitrogen and oxygen atoms in total. The number of hydrogen-bond donors (Lipinski definition) is 4. The van der Waals surface area contributed by atoms with Crippen molar-refractivity contribution in [1.82, 2.24) is 10.2 Å². The minimum atomic E-state index is -1.43. The van der Waals surface area contributed by atoms with Crippen LogP contribution >= 0.6 is 23.2 Å². The lowest BCUT2D eigenvalue weighted by atomic mass is 9.79. The molecule has 1 aliphatic heterocycles. The molecule has 35 heavy (non-hydrogen) atoms. The number of aliphatic hydroxyl groups excluding tert-OH is 1. The van der Waals surface area contributed by atoms with Crippen LogP contribution in [0.25, 0.3) is 0 Å². The highest BCUT2D eigenvalue weighted by Gasteiger charge is 2.40. The minimum Gasteiger partial charge on any atom is -0.381 e. The summed E-state index contributed by atoms with van der Waals surface area (Å²) < 4.78 is 0. The van der Waals surface area contributed by atoms with Crippen molar-refractivity contribution in [3.8, 4) is 0 Å². The van der Waals surface area contributed by atoms with Gasteiger partial charge in [0.05, 0.1) is 17.4 Å². The van der Waals surface area contributed by atoms with Crippen molar-refractivity contribution in [1.29, 1.82) is 0 Å². The van der Waals surface area contributed by atoms with Crippen molar-refractivity contribution in [2.24, 2.45) is 23.3 Å². The number of rotatable bonds is 12. The maximum absolute atomic E-state index is 13.1. The molecule has 2 fully saturated rings. The molecule has 3 unspecified atom stereocenters. The van der Waals surface area contributed by atoms with E-state index in [4.69, 9.17) is 34.7 Å². The van der Waals surface area contributed by atoms with Crippen molar-refractivity contribution in [2.75, 3.05) is 11.9 Å². The van der Waals surface area contributed by atoms with Gasteiger partial charge >= 0.3 is 0 Å². The lowest BCUT2D eigenvalue weighted by Gasteiger charge is -2.34. The fraction of sp³-hybridized carbons (Fsp3) is 0.880. The molecule has 1 heterocycles. The Balaban J connectivity index is 0.00000214. The van der Waals surface area contributed by atoms with Crippen LogP contribution in [0.2, 0.25) is 0 Å². The molecule has 0 bridgehead atoms. The van der Waals surface area contributed by atoms with Crippen molar-refractivity contribution >= 4 is 40.9 Å². The minimum absolute atomic E-state index is 0.111. The molecule has 206 valence electrons. The Morgan fingerprint density at radius 1 is 1.06 bits per heavy atom. The van der Waals surface area contributed by atoms with Gasteiger partial charge in [-0.2, -0.15) is 0 Å². The van der Waals surface area contributed by atoms with Gasteiger partial charge in [0.1, 0.15) is 6.04 Å². The molecule has 0 spiro atoms. The van der Waals surface area contributed by atoms with Crippen molar-refractivity contribution in [3.63, 3.8) is 0 Å². The van der Waals surface area contributed by atoms with E-state index in [-0.39, 0.29) is 23.1 Å². The zero-order valence-electron chi connectivity index (χ0n) is 22.0. The van der Waals surface area contributed by atoms with Gasteiger partial charge in [0, 0.05) is 6.54 Å². The van der Waals surface area contributed by atoms with Crippen LogP contribution in [0.15, 0.2) is 0 Å². The predicted octanol–water partition coefficient (Wildman–Crippen LogP) is 3.49. The number of nitrogens with one attached hydrogen (secondary N) is 1. The first kappa shape index (κ1) is 33.9. The third-order valence-electron chi connectivity index (χ3n) is 6.76. The number of likely N-dealkylation sites (tertiary alicyclic amines) is 1. The summed E-state index contributed by atoms with van der Waals surface area (Å²) in [6, 6.07) is -1.95. The summed E-state index contributed by atoms with van der Waals surface area (Å²) in [6.07, 6.45) is 7.25. The number of halogens is 2. The van der Waals surface area contributed by atoms with Crippen LogP contribution in [-0.4, -0.2) is 63.8 Å². The Bertz CT molecular complexity index is 616. The maximum Gasteiger partial charge on any atom is 0.248 e. The third-order valence-corrected chi connectivity index (χ3v) is 6.76. The Labute approximate surface area is 221 Å². The Kier molecular flexibility index (Phi) is 18.5. The molecule has 4 atom stereocenters. The third kappa shape index (κ3) is 11.2. The predicted molar refractivity (Wildman–Crippen MR) is 143 cm³/mol. The van der Waals surface area contributed by atoms with Crippen LogP contribution in [0.1, 0.15) is 91.9 Å². The summed E-state index contributed by atoms with van der Waals surface area (Å²) >= 11 is 9.53. The molecule has 1 saturated heterocycles. The van der Waals surface area contributed by atoms with Gasteiger partial charge in [0.15, 0.2) is 6.10 Å². The molecule has 10 heteroatoms. The first-order chi connectivity index (χ1) is 16.7. The standard InChI is InChI=1S/C22H40N4O4.C2H6.CH2Cl2/c1-3-7-15(8-4-2)18(23)22(30)26-12-6-11-17(26)21(29)25-16(19(27)20(24)28)13-14-9-5-10-14;1-2;2-1-3/h14-19,27H,3-13,23H2,1-2H3,(H2,24,28)(H,25,29);1-2H3;1H2/t16?,17?,18-,19?;;/m0../s1. The molecule has 1 aliphatic carbocycles. The molecule has 2 rings (SSSR count). The number of carbonyl (C=O) groups is 3. The average molecular weight is 540 g/mol. The van der Waals surface area contributed by atoms with Crippen molar-refractivity contribution in [3.05, 3.63) is 0 Å². The lowest BCUT2D eigenvalue weighted by molar-refractivity contribution is -0.141. The molecule has 0 aromatic rings. The SMILES string of the molecule is CC.CCCC(CCC)[C@H](N)C(=O)N1CCCC1C(=O)NC(CC1CCC1)C(O)C(N)=O.ClCCl. The van der Waals surface area contributed by atoms with E-state index in [0.29, 0.717) is 25.3 Å². The number of primary amides is 1. The summed E-state index contributed by atoms with van der Waals surface area (Å²) in [5, 5.41) is 13.2. The topological polar surface area (TPSA) is 139 Å². The van der Waals surface area contributed by atoms with Gasteiger partial charge in [-0.25, -0.2) is 0 Å². The van der Waals surface area contributed by atoms with E-state index >= 15 is 0 Å². The second-order valence-corrected chi connectivity index (χ2v) is 9.96. The molecule has 0 radical (unpaired) electrons. The summed E-state index contributed by atoms with van der Waals surface area (Å²) in [7, 11) is 0. The number of hydrogen-bond acceptors (Lipinski definition) is 5. The van der Waals surface area contributed by atoms with Gasteiger partial charge in [0.25, 0.3) is 0 Å². The largest absolute Gasteiger partial charge is 0.381 e. The molecule has 1 saturated carbocycles. The molecule has 0 aromatic heterocycles. The Morgan fingerprint density at radius 2 is 1.60 bits per heavy atom. The van der Waals surface area contributed by atoms with Crippen molar-refractivity contribution < 1.29 is 19.5 Å². The van der Waals surface area contributed by atoms with Crippen LogP contribution in [-0.2, 0) is 14.4 Å². The second kappa shape index (κ2) is 19.1. The normalized spacial score (nSPS) is 19.9. The summed E-state index contributed by atoms with van der Waals surface area (Å²) in [5.74, 6) is -0.864. The highest BCUT2D eigenvalue weighted by atomic mass is 35.5. The summed E-state index contributed by atoms with van der Waals surface area (Å²) in [5.41, 5.74) is 11.6. The summed E-state index contributed by atoms with van der Waals surface area (Å²) in [6.45, 7) is 8.66. The van der Waals surface area contributed by atoms with Crippen LogP contribution < -0.4 is 16.8 Å². The van der Waals surface area contributed by atoms with Gasteiger partial charge in [-0.3, -0.25) is 14.4 Å². The quantitative estimate of drug-likeness (QED) is 0.281. The van der Waals surface area contributed by atoms with Gasteiger partial charge in [-0.15, -0.1) is 23.2 Å². The van der Waals surface area contributed by atoms with Gasteiger partial charge in [-0.05, 0) is 43.9 Å². The number of nitrogens with zero attached hydrogens (tertiary/aromatic N) is 1. The molecule has 2 aliphatic rings. The number of amides is 3. The second-order valence-electron chi connectivity index (χ2n) is 9.15. The van der Waals surface area contributed by atoms with Gasteiger partial charge < -0.3 is 26.8 Å². The molecule has 6 N–H and O–H groups in total.